The second kappa shape index (κ2) is 13.9. The van der Waals surface area contributed by atoms with Crippen molar-refractivity contribution in [3.05, 3.63) is 223 Å². The molecule has 59 heavy (non-hydrogen) atoms. The molecule has 2 heteroatoms. The molecule has 0 radical (unpaired) electrons. The van der Waals surface area contributed by atoms with Crippen LogP contribution in [0.1, 0.15) is 25.0 Å². The maximum Gasteiger partial charge on any atom is 0.143 e. The van der Waals surface area contributed by atoms with E-state index < -0.39 is 0 Å². The molecule has 1 aliphatic carbocycles. The van der Waals surface area contributed by atoms with E-state index in [9.17, 15) is 0 Å². The van der Waals surface area contributed by atoms with Gasteiger partial charge in [-0.1, -0.05) is 178 Å². The molecule has 0 spiro atoms. The summed E-state index contributed by atoms with van der Waals surface area (Å²) in [6, 6.07) is 76.8. The predicted octanol–water partition coefficient (Wildman–Crippen LogP) is 16.0. The summed E-state index contributed by atoms with van der Waals surface area (Å²) in [6.07, 6.45) is 0. The van der Waals surface area contributed by atoms with E-state index in [0.29, 0.717) is 0 Å². The van der Waals surface area contributed by atoms with E-state index in [4.69, 9.17) is 4.42 Å². The van der Waals surface area contributed by atoms with Crippen LogP contribution in [0.2, 0.25) is 0 Å². The molecule has 9 aromatic carbocycles. The van der Waals surface area contributed by atoms with Crippen LogP contribution in [0.25, 0.3) is 77.6 Å². The second-order valence-electron chi connectivity index (χ2n) is 16.1. The summed E-state index contributed by atoms with van der Waals surface area (Å²) in [5.74, 6) is 0. The highest BCUT2D eigenvalue weighted by Crippen LogP contribution is 2.52. The first kappa shape index (κ1) is 34.8. The Balaban J connectivity index is 0.989. The largest absolute Gasteiger partial charge is 0.455 e. The number of anilines is 3. The molecule has 0 fully saturated rings. The Kier molecular flexibility index (Phi) is 8.20. The minimum Gasteiger partial charge on any atom is -0.455 e. The fraction of sp³-hybridized carbons (Fsp3) is 0.0526. The molecule has 280 valence electrons. The van der Waals surface area contributed by atoms with Crippen molar-refractivity contribution in [1.82, 2.24) is 0 Å². The van der Waals surface area contributed by atoms with Gasteiger partial charge in [0.05, 0.1) is 0 Å². The normalized spacial score (nSPS) is 12.7. The average molecular weight is 756 g/mol. The van der Waals surface area contributed by atoms with Crippen molar-refractivity contribution in [2.45, 2.75) is 19.3 Å². The van der Waals surface area contributed by atoms with Gasteiger partial charge in [-0.05, 0) is 110 Å². The summed E-state index contributed by atoms with van der Waals surface area (Å²) < 4.78 is 6.44. The molecule has 2 nitrogen and oxygen atoms in total. The third-order valence-electron chi connectivity index (χ3n) is 12.3. The highest BCUT2D eigenvalue weighted by Gasteiger charge is 2.36. The fourth-order valence-corrected chi connectivity index (χ4v) is 9.18. The van der Waals surface area contributed by atoms with Crippen LogP contribution in [0.5, 0.6) is 0 Å². The molecule has 0 N–H and O–H groups in total. The summed E-state index contributed by atoms with van der Waals surface area (Å²) in [7, 11) is 0. The molecule has 0 bridgehead atoms. The molecule has 10 aromatic rings. The van der Waals surface area contributed by atoms with Crippen LogP contribution in [0, 0.1) is 0 Å². The van der Waals surface area contributed by atoms with E-state index in [1.807, 2.05) is 12.1 Å². The zero-order valence-corrected chi connectivity index (χ0v) is 33.1. The van der Waals surface area contributed by atoms with Crippen LogP contribution in [-0.2, 0) is 5.41 Å². The first-order valence-electron chi connectivity index (χ1n) is 20.4. The number of fused-ring (bicyclic) bond motifs is 6. The molecule has 0 aliphatic heterocycles. The number of hydrogen-bond acceptors (Lipinski definition) is 2. The number of rotatable bonds is 7. The summed E-state index contributed by atoms with van der Waals surface area (Å²) in [5.41, 5.74) is 19.8. The molecule has 1 aromatic heterocycles. The van der Waals surface area contributed by atoms with Crippen molar-refractivity contribution in [3.8, 4) is 55.6 Å². The van der Waals surface area contributed by atoms with Crippen LogP contribution in [0.15, 0.2) is 217 Å². The highest BCUT2D eigenvalue weighted by atomic mass is 16.3. The third kappa shape index (κ3) is 5.96. The van der Waals surface area contributed by atoms with Gasteiger partial charge in [0, 0.05) is 38.8 Å². The molecular formula is C57H41NO. The van der Waals surface area contributed by atoms with Crippen LogP contribution in [-0.4, -0.2) is 0 Å². The second-order valence-corrected chi connectivity index (χ2v) is 16.1. The molecule has 1 aliphatic rings. The SMILES string of the molecule is CC1(C)c2cc(-c3ccccc3)ccc2-c2ccc(N(c3ccc(-c4ccc(-c5ccccc5)cc4)cc3)c3ccc(-c4cccc5c4oc4ccccc45)cc3)cc21. The number of nitrogens with zero attached hydrogens (tertiary/aromatic N) is 1. The van der Waals surface area contributed by atoms with Crippen molar-refractivity contribution in [2.75, 3.05) is 4.90 Å². The van der Waals surface area contributed by atoms with Gasteiger partial charge in [-0.2, -0.15) is 0 Å². The van der Waals surface area contributed by atoms with Crippen LogP contribution < -0.4 is 4.90 Å². The van der Waals surface area contributed by atoms with Gasteiger partial charge in [-0.15, -0.1) is 0 Å². The van der Waals surface area contributed by atoms with E-state index in [-0.39, 0.29) is 5.41 Å². The van der Waals surface area contributed by atoms with Gasteiger partial charge in [0.15, 0.2) is 0 Å². The maximum atomic E-state index is 6.44. The molecule has 0 amide bonds. The number of hydrogen-bond donors (Lipinski definition) is 0. The lowest BCUT2D eigenvalue weighted by atomic mass is 9.81. The Bertz CT molecular complexity index is 3140. The first-order chi connectivity index (χ1) is 29.0. The Hall–Kier alpha value is -7.42. The van der Waals surface area contributed by atoms with Crippen molar-refractivity contribution >= 4 is 39.0 Å². The maximum absolute atomic E-state index is 6.44. The minimum absolute atomic E-state index is 0.179. The van der Waals surface area contributed by atoms with E-state index >= 15 is 0 Å². The van der Waals surface area contributed by atoms with Gasteiger partial charge in [0.25, 0.3) is 0 Å². The lowest BCUT2D eigenvalue weighted by molar-refractivity contribution is 0.660. The predicted molar refractivity (Wildman–Crippen MR) is 248 cm³/mol. The highest BCUT2D eigenvalue weighted by molar-refractivity contribution is 6.09. The summed E-state index contributed by atoms with van der Waals surface area (Å²) in [4.78, 5) is 2.39. The Labute approximate surface area is 345 Å². The topological polar surface area (TPSA) is 16.4 Å². The minimum atomic E-state index is -0.179. The summed E-state index contributed by atoms with van der Waals surface area (Å²) in [5, 5.41) is 2.27. The standard InChI is InChI=1S/C57H41NO/c1-57(2)53-36-44(39-14-7-4-8-15-39)28-34-49(53)50-35-33-47(37-54(50)57)58(45-29-24-42(25-30-45)41-22-20-40(21-23-41)38-12-5-3-6-13-38)46-31-26-43(27-32-46)48-17-11-18-52-51-16-9-10-19-55(51)59-56(48)52/h3-37H,1-2H3. The molecule has 1 heterocycles. The molecule has 0 saturated heterocycles. The van der Waals surface area contributed by atoms with E-state index in [0.717, 1.165) is 50.1 Å². The van der Waals surface area contributed by atoms with Crippen LogP contribution in [0.4, 0.5) is 17.1 Å². The van der Waals surface area contributed by atoms with E-state index in [1.165, 1.54) is 55.6 Å². The third-order valence-corrected chi connectivity index (χ3v) is 12.3. The lowest BCUT2D eigenvalue weighted by Gasteiger charge is -2.28. The quantitative estimate of drug-likeness (QED) is 0.161. The van der Waals surface area contributed by atoms with Crippen LogP contribution >= 0.6 is 0 Å². The smallest absolute Gasteiger partial charge is 0.143 e. The van der Waals surface area contributed by atoms with E-state index in [2.05, 4.69) is 219 Å². The zero-order chi connectivity index (χ0) is 39.5. The van der Waals surface area contributed by atoms with E-state index in [1.54, 1.807) is 0 Å². The molecule has 0 unspecified atom stereocenters. The zero-order valence-electron chi connectivity index (χ0n) is 33.1. The summed E-state index contributed by atoms with van der Waals surface area (Å²) >= 11 is 0. The molecular weight excluding hydrogens is 715 g/mol. The summed E-state index contributed by atoms with van der Waals surface area (Å²) in [6.45, 7) is 4.73. The Morgan fingerprint density at radius 2 is 0.797 bits per heavy atom. The van der Waals surface area contributed by atoms with Crippen molar-refractivity contribution in [3.63, 3.8) is 0 Å². The van der Waals surface area contributed by atoms with Crippen molar-refractivity contribution in [2.24, 2.45) is 0 Å². The van der Waals surface area contributed by atoms with Crippen molar-refractivity contribution in [1.29, 1.82) is 0 Å². The monoisotopic (exact) mass is 755 g/mol. The molecule has 0 saturated carbocycles. The fourth-order valence-electron chi connectivity index (χ4n) is 9.18. The van der Waals surface area contributed by atoms with Gasteiger partial charge in [0.2, 0.25) is 0 Å². The van der Waals surface area contributed by atoms with Gasteiger partial charge in [-0.25, -0.2) is 0 Å². The van der Waals surface area contributed by atoms with Gasteiger partial charge >= 0.3 is 0 Å². The number of furan rings is 1. The number of benzene rings is 9. The molecule has 0 atom stereocenters. The Morgan fingerprint density at radius 1 is 0.339 bits per heavy atom. The van der Waals surface area contributed by atoms with Gasteiger partial charge in [0.1, 0.15) is 11.2 Å². The first-order valence-corrected chi connectivity index (χ1v) is 20.4. The average Bonchev–Trinajstić information content (AvgIpc) is 3.79. The van der Waals surface area contributed by atoms with Crippen molar-refractivity contribution < 1.29 is 4.42 Å². The number of para-hydroxylation sites is 2. The Morgan fingerprint density at radius 3 is 1.44 bits per heavy atom. The lowest BCUT2D eigenvalue weighted by Crippen LogP contribution is -2.16. The van der Waals surface area contributed by atoms with Crippen LogP contribution in [0.3, 0.4) is 0 Å². The van der Waals surface area contributed by atoms with Gasteiger partial charge in [-0.3, -0.25) is 0 Å². The molecule has 11 rings (SSSR count). The van der Waals surface area contributed by atoms with Gasteiger partial charge < -0.3 is 9.32 Å².